The Kier molecular flexibility index (Phi) is 2.29. The number of rotatable bonds is 1. The highest BCUT2D eigenvalue weighted by Crippen LogP contribution is 2.17. The maximum Gasteiger partial charge on any atom is 0.251 e. The monoisotopic (exact) mass is 205 g/mol. The molecule has 0 aromatic carbocycles. The summed E-state index contributed by atoms with van der Waals surface area (Å²) in [7, 11) is 0. The topological polar surface area (TPSA) is 58.6 Å². The fourth-order valence-corrected chi connectivity index (χ4v) is 1.30. The van der Waals surface area contributed by atoms with Gasteiger partial charge < -0.3 is 4.98 Å². The number of halogens is 1. The Labute approximate surface area is 84.8 Å². The van der Waals surface area contributed by atoms with Gasteiger partial charge in [-0.2, -0.15) is 0 Å². The van der Waals surface area contributed by atoms with E-state index < -0.39 is 5.82 Å². The van der Waals surface area contributed by atoms with Gasteiger partial charge in [0.1, 0.15) is 5.82 Å². The van der Waals surface area contributed by atoms with Crippen LogP contribution in [0.5, 0.6) is 0 Å². The maximum atomic E-state index is 13.3. The van der Waals surface area contributed by atoms with Crippen molar-refractivity contribution in [3.8, 4) is 11.3 Å². The van der Waals surface area contributed by atoms with Crippen molar-refractivity contribution in [2.45, 2.75) is 6.92 Å². The molecule has 4 nitrogen and oxygen atoms in total. The first kappa shape index (κ1) is 9.51. The van der Waals surface area contributed by atoms with Crippen LogP contribution in [-0.2, 0) is 0 Å². The molecular formula is C10H8FN3O. The second-order valence-electron chi connectivity index (χ2n) is 3.07. The first-order chi connectivity index (χ1) is 7.16. The van der Waals surface area contributed by atoms with Gasteiger partial charge in [0.15, 0.2) is 5.82 Å². The molecule has 0 saturated heterocycles. The van der Waals surface area contributed by atoms with E-state index in [2.05, 4.69) is 15.0 Å². The number of H-pyrrole nitrogens is 1. The fraction of sp³-hybridized carbons (Fsp3) is 0.100. The van der Waals surface area contributed by atoms with E-state index >= 15 is 0 Å². The van der Waals surface area contributed by atoms with E-state index in [4.69, 9.17) is 0 Å². The molecule has 0 saturated carbocycles. The molecule has 0 fully saturated rings. The Bertz CT molecular complexity index is 550. The van der Waals surface area contributed by atoms with E-state index in [0.29, 0.717) is 11.5 Å². The van der Waals surface area contributed by atoms with Crippen LogP contribution >= 0.6 is 0 Å². The Morgan fingerprint density at radius 1 is 1.47 bits per heavy atom. The second kappa shape index (κ2) is 3.61. The first-order valence-electron chi connectivity index (χ1n) is 4.34. The van der Waals surface area contributed by atoms with Crippen molar-refractivity contribution in [1.29, 1.82) is 0 Å². The molecule has 0 aliphatic rings. The second-order valence-corrected chi connectivity index (χ2v) is 3.07. The number of nitrogens with zero attached hydrogens (tertiary/aromatic N) is 2. The van der Waals surface area contributed by atoms with E-state index in [1.54, 1.807) is 6.92 Å². The molecule has 1 N–H and O–H groups in total. The lowest BCUT2D eigenvalue weighted by atomic mass is 10.2. The van der Waals surface area contributed by atoms with Gasteiger partial charge in [-0.15, -0.1) is 0 Å². The minimum atomic E-state index is -0.491. The quantitative estimate of drug-likeness (QED) is 0.762. The van der Waals surface area contributed by atoms with E-state index in [1.165, 1.54) is 18.3 Å². The molecule has 0 aliphatic heterocycles. The molecule has 0 amide bonds. The number of hydrogen-bond donors (Lipinski definition) is 1. The zero-order valence-electron chi connectivity index (χ0n) is 7.99. The van der Waals surface area contributed by atoms with Crippen molar-refractivity contribution in [1.82, 2.24) is 15.0 Å². The summed E-state index contributed by atoms with van der Waals surface area (Å²) in [6, 6.07) is 2.74. The van der Waals surface area contributed by atoms with Crippen molar-refractivity contribution in [2.75, 3.05) is 0 Å². The zero-order valence-corrected chi connectivity index (χ0v) is 7.99. The van der Waals surface area contributed by atoms with Gasteiger partial charge in [-0.3, -0.25) is 9.78 Å². The summed E-state index contributed by atoms with van der Waals surface area (Å²) >= 11 is 0. The van der Waals surface area contributed by atoms with Crippen LogP contribution in [0.3, 0.4) is 0 Å². The van der Waals surface area contributed by atoms with Crippen molar-refractivity contribution in [3.05, 3.63) is 46.5 Å². The number of aryl methyl sites for hydroxylation is 1. The van der Waals surface area contributed by atoms with E-state index in [1.807, 2.05) is 0 Å². The highest BCUT2D eigenvalue weighted by molar-refractivity contribution is 5.58. The number of pyridine rings is 1. The molecule has 0 spiro atoms. The smallest absolute Gasteiger partial charge is 0.251 e. The molecule has 0 unspecified atom stereocenters. The molecule has 0 radical (unpaired) electrons. The minimum Gasteiger partial charge on any atom is -0.311 e. The standard InChI is InChI=1S/C10H8FN3O/c1-6-13-9(4-10(15)14-6)7-2-3-12-5-8(7)11/h2-5H,1H3,(H,13,14,15). The van der Waals surface area contributed by atoms with Gasteiger partial charge in [0.25, 0.3) is 5.56 Å². The van der Waals surface area contributed by atoms with Gasteiger partial charge in [-0.1, -0.05) is 0 Å². The minimum absolute atomic E-state index is 0.277. The number of aromatic nitrogens is 3. The predicted molar refractivity (Wildman–Crippen MR) is 52.8 cm³/mol. The van der Waals surface area contributed by atoms with Gasteiger partial charge in [0.05, 0.1) is 11.9 Å². The van der Waals surface area contributed by atoms with Crippen molar-refractivity contribution < 1.29 is 4.39 Å². The average molecular weight is 205 g/mol. The fourth-order valence-electron chi connectivity index (χ4n) is 1.30. The lowest BCUT2D eigenvalue weighted by Crippen LogP contribution is -2.08. The van der Waals surface area contributed by atoms with Gasteiger partial charge in [-0.25, -0.2) is 9.37 Å². The van der Waals surface area contributed by atoms with Gasteiger partial charge in [0, 0.05) is 17.8 Å². The summed E-state index contributed by atoms with van der Waals surface area (Å²) in [6.45, 7) is 1.64. The van der Waals surface area contributed by atoms with Crippen LogP contribution in [0.2, 0.25) is 0 Å². The molecule has 76 valence electrons. The van der Waals surface area contributed by atoms with Crippen LogP contribution in [0.1, 0.15) is 5.82 Å². The number of aromatic amines is 1. The largest absolute Gasteiger partial charge is 0.311 e. The molecular weight excluding hydrogens is 197 g/mol. The van der Waals surface area contributed by atoms with E-state index in [-0.39, 0.29) is 11.1 Å². The van der Waals surface area contributed by atoms with E-state index in [0.717, 1.165) is 6.20 Å². The predicted octanol–water partition coefficient (Wildman–Crippen LogP) is 1.28. The summed E-state index contributed by atoms with van der Waals surface area (Å²) in [5.41, 5.74) is 0.295. The molecule has 0 bridgehead atoms. The Balaban J connectivity index is 2.64. The summed E-state index contributed by atoms with van der Waals surface area (Å²) < 4.78 is 13.3. The van der Waals surface area contributed by atoms with Gasteiger partial charge in [-0.05, 0) is 13.0 Å². The lowest BCUT2D eigenvalue weighted by molar-refractivity contribution is 0.624. The van der Waals surface area contributed by atoms with Crippen molar-refractivity contribution in [3.63, 3.8) is 0 Å². The Morgan fingerprint density at radius 2 is 2.27 bits per heavy atom. The highest BCUT2D eigenvalue weighted by Gasteiger charge is 2.06. The summed E-state index contributed by atoms with van der Waals surface area (Å²) in [6.07, 6.45) is 2.55. The third-order valence-corrected chi connectivity index (χ3v) is 1.91. The molecule has 0 atom stereocenters. The van der Waals surface area contributed by atoms with Crippen molar-refractivity contribution >= 4 is 0 Å². The van der Waals surface area contributed by atoms with Gasteiger partial charge in [0.2, 0.25) is 0 Å². The molecule has 2 heterocycles. The summed E-state index contributed by atoms with van der Waals surface area (Å²) in [4.78, 5) is 21.3. The third-order valence-electron chi connectivity index (χ3n) is 1.91. The lowest BCUT2D eigenvalue weighted by Gasteiger charge is -2.01. The Hall–Kier alpha value is -2.04. The van der Waals surface area contributed by atoms with Crippen LogP contribution < -0.4 is 5.56 Å². The molecule has 0 aliphatic carbocycles. The van der Waals surface area contributed by atoms with Crippen LogP contribution in [-0.4, -0.2) is 15.0 Å². The maximum absolute atomic E-state index is 13.3. The average Bonchev–Trinajstić information content (AvgIpc) is 2.16. The Morgan fingerprint density at radius 3 is 2.93 bits per heavy atom. The van der Waals surface area contributed by atoms with Gasteiger partial charge >= 0.3 is 0 Å². The zero-order chi connectivity index (χ0) is 10.8. The van der Waals surface area contributed by atoms with Crippen LogP contribution in [0.25, 0.3) is 11.3 Å². The van der Waals surface area contributed by atoms with Crippen molar-refractivity contribution in [2.24, 2.45) is 0 Å². The van der Waals surface area contributed by atoms with Crippen LogP contribution in [0.15, 0.2) is 29.3 Å². The molecule has 5 heteroatoms. The van der Waals surface area contributed by atoms with E-state index in [9.17, 15) is 9.18 Å². The highest BCUT2D eigenvalue weighted by atomic mass is 19.1. The first-order valence-corrected chi connectivity index (χ1v) is 4.34. The summed E-state index contributed by atoms with van der Waals surface area (Å²) in [5, 5.41) is 0. The number of nitrogens with one attached hydrogen (secondary N) is 1. The molecule has 2 rings (SSSR count). The SMILES string of the molecule is Cc1nc(-c2ccncc2F)cc(=O)[nH]1. The third kappa shape index (κ3) is 1.90. The summed E-state index contributed by atoms with van der Waals surface area (Å²) in [5.74, 6) is -0.0382. The molecule has 2 aromatic heterocycles. The van der Waals surface area contributed by atoms with Crippen LogP contribution in [0, 0.1) is 12.7 Å². The van der Waals surface area contributed by atoms with Crippen LogP contribution in [0.4, 0.5) is 4.39 Å². The normalized spacial score (nSPS) is 10.3. The molecule has 15 heavy (non-hydrogen) atoms. The number of hydrogen-bond acceptors (Lipinski definition) is 3. The molecule has 2 aromatic rings.